The molecule has 0 spiro atoms. The Balaban J connectivity index is 1.46. The molecule has 9 heteroatoms. The van der Waals surface area contributed by atoms with Crippen LogP contribution in [0.1, 0.15) is 42.2 Å². The molecule has 2 unspecified atom stereocenters. The van der Waals surface area contributed by atoms with Crippen molar-refractivity contribution < 1.29 is 19.3 Å². The van der Waals surface area contributed by atoms with Crippen LogP contribution >= 0.6 is 22.6 Å². The summed E-state index contributed by atoms with van der Waals surface area (Å²) >= 11 is 2.35. The third-order valence-corrected chi connectivity index (χ3v) is 13.9. The van der Waals surface area contributed by atoms with Crippen LogP contribution in [0.25, 0.3) is 0 Å². The Morgan fingerprint density at radius 2 is 1.79 bits per heavy atom. The SMILES string of the molecule is COc1ccc([Si](C)(C)C(CCn2cc(C(CO)c3ccccc3)nn2)[C@H]2Oc3ccc(I)cc3[C@@H](OC)[C@@H]2C)cc1. The third-order valence-electron chi connectivity index (χ3n) is 8.92. The summed E-state index contributed by atoms with van der Waals surface area (Å²) in [5.41, 5.74) is 3.17. The second kappa shape index (κ2) is 13.3. The van der Waals surface area contributed by atoms with Crippen LogP contribution in [0, 0.1) is 9.49 Å². The molecule has 5 rings (SSSR count). The molecule has 4 aromatic rings. The Morgan fingerprint density at radius 1 is 1.05 bits per heavy atom. The van der Waals surface area contributed by atoms with Gasteiger partial charge in [0.25, 0.3) is 0 Å². The van der Waals surface area contributed by atoms with E-state index < -0.39 is 8.07 Å². The molecule has 0 amide bonds. The van der Waals surface area contributed by atoms with Crippen LogP contribution in [0.2, 0.25) is 18.6 Å². The van der Waals surface area contributed by atoms with E-state index in [4.69, 9.17) is 14.2 Å². The van der Waals surface area contributed by atoms with E-state index in [1.807, 2.05) is 41.2 Å². The molecule has 3 aromatic carbocycles. The van der Waals surface area contributed by atoms with E-state index in [1.54, 1.807) is 14.2 Å². The van der Waals surface area contributed by atoms with Gasteiger partial charge in [-0.1, -0.05) is 72.9 Å². The quantitative estimate of drug-likeness (QED) is 0.149. The predicted octanol–water partition coefficient (Wildman–Crippen LogP) is 6.18. The van der Waals surface area contributed by atoms with Gasteiger partial charge in [-0.2, -0.15) is 0 Å². The summed E-state index contributed by atoms with van der Waals surface area (Å²) in [6, 6.07) is 24.9. The number of ether oxygens (including phenoxy) is 3. The zero-order chi connectivity index (χ0) is 29.9. The van der Waals surface area contributed by atoms with Crippen LogP contribution in [0.3, 0.4) is 0 Å². The Labute approximate surface area is 263 Å². The van der Waals surface area contributed by atoms with Gasteiger partial charge in [0.15, 0.2) is 0 Å². The number of rotatable bonds is 11. The van der Waals surface area contributed by atoms with E-state index in [9.17, 15) is 5.11 Å². The van der Waals surface area contributed by atoms with Crippen molar-refractivity contribution in [1.29, 1.82) is 0 Å². The Bertz CT molecular complexity index is 1460. The number of hydrogen-bond acceptors (Lipinski definition) is 6. The molecule has 1 aliphatic heterocycles. The third kappa shape index (κ3) is 6.29. The molecule has 222 valence electrons. The van der Waals surface area contributed by atoms with Gasteiger partial charge in [0.1, 0.15) is 17.6 Å². The van der Waals surface area contributed by atoms with Crippen LogP contribution < -0.4 is 14.7 Å². The molecule has 0 fully saturated rings. The summed E-state index contributed by atoms with van der Waals surface area (Å²) in [6.45, 7) is 7.80. The van der Waals surface area contributed by atoms with Crippen molar-refractivity contribution in [2.24, 2.45) is 5.92 Å². The zero-order valence-electron chi connectivity index (χ0n) is 24.9. The second-order valence-corrected chi connectivity index (χ2v) is 17.7. The lowest BCUT2D eigenvalue weighted by atomic mass is 9.86. The minimum absolute atomic E-state index is 0.0209. The Morgan fingerprint density at radius 3 is 2.45 bits per heavy atom. The molecule has 2 heterocycles. The van der Waals surface area contributed by atoms with Crippen LogP contribution in [0.5, 0.6) is 11.5 Å². The number of nitrogens with zero attached hydrogens (tertiary/aromatic N) is 3. The van der Waals surface area contributed by atoms with Gasteiger partial charge in [0.2, 0.25) is 0 Å². The van der Waals surface area contributed by atoms with Crippen LogP contribution in [0.15, 0.2) is 79.0 Å². The molecule has 0 saturated carbocycles. The van der Waals surface area contributed by atoms with E-state index in [-0.39, 0.29) is 36.2 Å². The number of methoxy groups -OCH3 is 2. The second-order valence-electron chi connectivity index (χ2n) is 11.7. The maximum Gasteiger partial charge on any atom is 0.125 e. The van der Waals surface area contributed by atoms with Gasteiger partial charge in [-0.3, -0.25) is 4.68 Å². The first kappa shape index (κ1) is 30.7. The molecule has 1 aliphatic rings. The molecule has 1 aromatic heterocycles. The largest absolute Gasteiger partial charge is 0.497 e. The van der Waals surface area contributed by atoms with Gasteiger partial charge in [0, 0.05) is 34.9 Å². The summed E-state index contributed by atoms with van der Waals surface area (Å²) < 4.78 is 21.6. The normalized spacial score (nSPS) is 19.9. The molecular weight excluding hydrogens is 657 g/mol. The number of aromatic nitrogens is 3. The molecule has 5 atom stereocenters. The lowest BCUT2D eigenvalue weighted by Crippen LogP contribution is -2.54. The lowest BCUT2D eigenvalue weighted by molar-refractivity contribution is -0.0234. The number of aliphatic hydroxyl groups is 1. The predicted molar refractivity (Wildman–Crippen MR) is 176 cm³/mol. The number of halogens is 1. The minimum Gasteiger partial charge on any atom is -0.497 e. The van der Waals surface area contributed by atoms with Gasteiger partial charge < -0.3 is 19.3 Å². The fourth-order valence-electron chi connectivity index (χ4n) is 6.43. The van der Waals surface area contributed by atoms with Crippen LogP contribution in [0.4, 0.5) is 0 Å². The first-order valence-electron chi connectivity index (χ1n) is 14.5. The number of aliphatic hydroxyl groups excluding tert-OH is 1. The molecule has 0 aliphatic carbocycles. The Hall–Kier alpha value is -2.73. The highest BCUT2D eigenvalue weighted by atomic mass is 127. The van der Waals surface area contributed by atoms with Crippen molar-refractivity contribution in [3.8, 4) is 11.5 Å². The van der Waals surface area contributed by atoms with Crippen molar-refractivity contribution in [2.45, 2.75) is 56.7 Å². The van der Waals surface area contributed by atoms with Crippen molar-refractivity contribution in [3.05, 3.63) is 99.4 Å². The highest BCUT2D eigenvalue weighted by Crippen LogP contribution is 2.47. The fraction of sp³-hybridized carbons (Fsp3) is 0.394. The molecule has 0 radical (unpaired) electrons. The molecule has 1 N–H and O–H groups in total. The monoisotopic (exact) mass is 697 g/mol. The van der Waals surface area contributed by atoms with Crippen molar-refractivity contribution in [3.63, 3.8) is 0 Å². The number of benzene rings is 3. The summed E-state index contributed by atoms with van der Waals surface area (Å²) in [5.74, 6) is 1.71. The average molecular weight is 698 g/mol. The maximum absolute atomic E-state index is 10.2. The van der Waals surface area contributed by atoms with Gasteiger partial charge >= 0.3 is 0 Å². The molecule has 42 heavy (non-hydrogen) atoms. The number of hydrogen-bond donors (Lipinski definition) is 1. The number of fused-ring (bicyclic) bond motifs is 1. The lowest BCUT2D eigenvalue weighted by Gasteiger charge is -2.46. The topological polar surface area (TPSA) is 78.6 Å². The van der Waals surface area contributed by atoms with E-state index in [0.29, 0.717) is 6.54 Å². The van der Waals surface area contributed by atoms with E-state index in [1.165, 1.54) is 8.76 Å². The summed E-state index contributed by atoms with van der Waals surface area (Å²) in [5, 5.41) is 20.5. The number of aryl methyl sites for hydroxylation is 1. The first-order chi connectivity index (χ1) is 20.3. The van der Waals surface area contributed by atoms with Gasteiger partial charge in [-0.15, -0.1) is 5.10 Å². The van der Waals surface area contributed by atoms with E-state index in [2.05, 4.69) is 95.4 Å². The first-order valence-corrected chi connectivity index (χ1v) is 18.6. The van der Waals surface area contributed by atoms with E-state index >= 15 is 0 Å². The molecule has 7 nitrogen and oxygen atoms in total. The molecule has 0 saturated heterocycles. The van der Waals surface area contributed by atoms with Gasteiger partial charge in [-0.05, 0) is 70.4 Å². The molecular formula is C33H40IN3O4Si. The summed E-state index contributed by atoms with van der Waals surface area (Å²) in [4.78, 5) is 0. The highest BCUT2D eigenvalue weighted by molar-refractivity contribution is 14.1. The van der Waals surface area contributed by atoms with Gasteiger partial charge in [-0.25, -0.2) is 0 Å². The van der Waals surface area contributed by atoms with Crippen molar-refractivity contribution in [2.75, 3.05) is 20.8 Å². The summed E-state index contributed by atoms with van der Waals surface area (Å²) in [7, 11) is 1.39. The minimum atomic E-state index is -2.12. The summed E-state index contributed by atoms with van der Waals surface area (Å²) in [6.07, 6.45) is 2.76. The highest BCUT2D eigenvalue weighted by Gasteiger charge is 2.47. The van der Waals surface area contributed by atoms with Gasteiger partial charge in [0.05, 0.1) is 39.5 Å². The zero-order valence-corrected chi connectivity index (χ0v) is 28.1. The van der Waals surface area contributed by atoms with Crippen molar-refractivity contribution >= 4 is 35.9 Å². The maximum atomic E-state index is 10.2. The van der Waals surface area contributed by atoms with Crippen LogP contribution in [-0.4, -0.2) is 55.1 Å². The van der Waals surface area contributed by atoms with Crippen molar-refractivity contribution in [1.82, 2.24) is 15.0 Å². The fourth-order valence-corrected chi connectivity index (χ4v) is 10.4. The van der Waals surface area contributed by atoms with Crippen LogP contribution in [-0.2, 0) is 11.3 Å². The smallest absolute Gasteiger partial charge is 0.125 e. The standard InChI is InChI=1S/C33H40IN3O4Si/c1-22-32(40-3)27-19-24(34)11-16-30(27)41-33(22)31(42(4,5)26-14-12-25(39-2)13-15-26)17-18-37-20-29(35-36-37)28(21-38)23-9-7-6-8-10-23/h6-16,19-20,22,28,31-33,38H,17-18,21H2,1-5H3/t22-,28?,31?,32-,33-/m0/s1. The average Bonchev–Trinajstić information content (AvgIpc) is 3.47. The van der Waals surface area contributed by atoms with E-state index in [0.717, 1.165) is 34.7 Å². The Kier molecular flexibility index (Phi) is 9.71. The molecule has 0 bridgehead atoms.